The van der Waals surface area contributed by atoms with Gasteiger partial charge in [0.2, 0.25) is 11.8 Å². The predicted octanol–water partition coefficient (Wildman–Crippen LogP) is 3.29. The Labute approximate surface area is 259 Å². The molecule has 2 aliphatic heterocycles. The van der Waals surface area contributed by atoms with Crippen LogP contribution in [-0.2, 0) is 35.7 Å². The molecule has 2 amide bonds. The number of pyridine rings is 1. The van der Waals surface area contributed by atoms with Crippen LogP contribution < -0.4 is 15.4 Å². The van der Waals surface area contributed by atoms with E-state index in [4.69, 9.17) is 4.74 Å². The highest BCUT2D eigenvalue weighted by molar-refractivity contribution is 5.91. The zero-order chi connectivity index (χ0) is 31.7. The van der Waals surface area contributed by atoms with E-state index in [0.717, 1.165) is 47.3 Å². The van der Waals surface area contributed by atoms with Crippen molar-refractivity contribution in [3.63, 3.8) is 0 Å². The number of aromatic nitrogens is 4. The van der Waals surface area contributed by atoms with Crippen molar-refractivity contribution in [1.82, 2.24) is 35.5 Å². The maximum absolute atomic E-state index is 13.9. The second-order valence-corrected chi connectivity index (χ2v) is 12.1. The highest BCUT2D eigenvalue weighted by Crippen LogP contribution is 2.37. The molecule has 13 heteroatoms. The van der Waals surface area contributed by atoms with E-state index in [0.29, 0.717) is 25.9 Å². The van der Waals surface area contributed by atoms with E-state index in [1.807, 2.05) is 37.4 Å². The van der Waals surface area contributed by atoms with E-state index >= 15 is 0 Å². The van der Waals surface area contributed by atoms with Gasteiger partial charge in [-0.2, -0.15) is 13.2 Å². The molecule has 4 atom stereocenters. The van der Waals surface area contributed by atoms with Gasteiger partial charge in [0, 0.05) is 38.8 Å². The van der Waals surface area contributed by atoms with Gasteiger partial charge in [-0.3, -0.25) is 19.3 Å². The summed E-state index contributed by atoms with van der Waals surface area (Å²) in [5.74, 6) is -0.269. The number of halogens is 3. The second-order valence-electron chi connectivity index (χ2n) is 12.1. The number of hydrogen-bond acceptors (Lipinski definition) is 7. The highest BCUT2D eigenvalue weighted by atomic mass is 19.4. The average Bonchev–Trinajstić information content (AvgIpc) is 3.79. The molecule has 6 rings (SSSR count). The van der Waals surface area contributed by atoms with Crippen molar-refractivity contribution in [3.8, 4) is 5.75 Å². The number of carbonyl (C=O) groups excluding carboxylic acids is 2. The Bertz CT molecular complexity index is 1590. The number of fused-ring (bicyclic) bond motifs is 1. The van der Waals surface area contributed by atoms with Crippen molar-refractivity contribution in [2.75, 3.05) is 26.7 Å². The van der Waals surface area contributed by atoms with E-state index in [1.54, 1.807) is 16.7 Å². The Kier molecular flexibility index (Phi) is 8.63. The molecule has 1 aliphatic carbocycles. The number of nitrogens with one attached hydrogen (secondary N) is 2. The van der Waals surface area contributed by atoms with E-state index in [1.165, 1.54) is 12.1 Å². The number of likely N-dealkylation sites (tertiary alicyclic amines) is 1. The van der Waals surface area contributed by atoms with Gasteiger partial charge >= 0.3 is 6.18 Å². The fourth-order valence-corrected chi connectivity index (χ4v) is 6.80. The van der Waals surface area contributed by atoms with Crippen molar-refractivity contribution < 1.29 is 27.5 Å². The fourth-order valence-electron chi connectivity index (χ4n) is 6.80. The lowest BCUT2D eigenvalue weighted by Gasteiger charge is -2.27. The summed E-state index contributed by atoms with van der Waals surface area (Å²) in [6.45, 7) is 0.920. The van der Waals surface area contributed by atoms with Crippen molar-refractivity contribution >= 4 is 17.9 Å². The molecule has 2 aromatic heterocycles. The number of aryl methyl sites for hydroxylation is 1. The predicted molar refractivity (Wildman–Crippen MR) is 159 cm³/mol. The Morgan fingerprint density at radius 2 is 1.93 bits per heavy atom. The SMILES string of the molecule is COc1ccc(CC2CC(C(=O)NCC3=Cc4nnn(C)c4CC3)N(C(=O)C3CC(c4cccnc4C(F)(F)F)CN3)C2)cc1. The first-order valence-corrected chi connectivity index (χ1v) is 15.1. The van der Waals surface area contributed by atoms with Gasteiger partial charge in [0.05, 0.1) is 18.8 Å². The quantitative estimate of drug-likeness (QED) is 0.396. The summed E-state index contributed by atoms with van der Waals surface area (Å²) >= 11 is 0. The first-order chi connectivity index (χ1) is 21.6. The molecule has 2 fully saturated rings. The fraction of sp³-hybridized carbons (Fsp3) is 0.469. The number of amides is 2. The van der Waals surface area contributed by atoms with Crippen LogP contribution >= 0.6 is 0 Å². The highest BCUT2D eigenvalue weighted by Gasteiger charge is 2.45. The standard InChI is InChI=1S/C32H36F3N7O3/c1-41-27-10-7-20(13-25(27)39-40-41)16-38-30(43)28-14-21(12-19-5-8-23(45-2)9-6-19)18-42(28)31(44)26-15-22(17-37-26)24-4-3-11-36-29(24)32(33,34)35/h3-6,8-9,11,13,21-22,26,28,37H,7,10,12,14-18H2,1-2H3,(H,38,43). The zero-order valence-electron chi connectivity index (χ0n) is 25.2. The number of rotatable bonds is 8. The lowest BCUT2D eigenvalue weighted by molar-refractivity contribution is -0.142. The van der Waals surface area contributed by atoms with E-state index in [-0.39, 0.29) is 36.3 Å². The number of methoxy groups -OCH3 is 1. The largest absolute Gasteiger partial charge is 0.497 e. The van der Waals surface area contributed by atoms with Gasteiger partial charge in [-0.1, -0.05) is 23.4 Å². The minimum atomic E-state index is -4.59. The minimum absolute atomic E-state index is 0.0292. The van der Waals surface area contributed by atoms with Gasteiger partial charge in [-0.15, -0.1) is 5.10 Å². The van der Waals surface area contributed by atoms with Gasteiger partial charge in [0.15, 0.2) is 0 Å². The van der Waals surface area contributed by atoms with Gasteiger partial charge < -0.3 is 20.3 Å². The normalized spacial score (nSPS) is 23.0. The van der Waals surface area contributed by atoms with Crippen molar-refractivity contribution in [2.24, 2.45) is 13.0 Å². The monoisotopic (exact) mass is 623 g/mol. The summed E-state index contributed by atoms with van der Waals surface area (Å²) < 4.78 is 48.0. The summed E-state index contributed by atoms with van der Waals surface area (Å²) in [5.41, 5.74) is 3.10. The van der Waals surface area contributed by atoms with Gasteiger partial charge in [0.25, 0.3) is 0 Å². The molecule has 4 unspecified atom stereocenters. The van der Waals surface area contributed by atoms with Crippen molar-refractivity contribution in [2.45, 2.75) is 56.3 Å². The number of nitrogens with zero attached hydrogens (tertiary/aromatic N) is 5. The molecule has 0 bridgehead atoms. The Hall–Kier alpha value is -4.26. The first-order valence-electron chi connectivity index (χ1n) is 15.1. The van der Waals surface area contributed by atoms with E-state index in [2.05, 4.69) is 25.9 Å². The molecule has 45 heavy (non-hydrogen) atoms. The van der Waals surface area contributed by atoms with Crippen LogP contribution in [0.5, 0.6) is 5.75 Å². The third kappa shape index (κ3) is 6.58. The summed E-state index contributed by atoms with van der Waals surface area (Å²) in [5, 5.41) is 14.4. The molecule has 0 saturated carbocycles. The molecular formula is C32H36F3N7O3. The molecule has 2 N–H and O–H groups in total. The molecular weight excluding hydrogens is 587 g/mol. The molecule has 10 nitrogen and oxygen atoms in total. The lowest BCUT2D eigenvalue weighted by Crippen LogP contribution is -2.51. The van der Waals surface area contributed by atoms with Crippen LogP contribution in [0.25, 0.3) is 6.08 Å². The van der Waals surface area contributed by atoms with Crippen LogP contribution in [0.4, 0.5) is 13.2 Å². The van der Waals surface area contributed by atoms with Crippen LogP contribution in [0.15, 0.2) is 48.2 Å². The van der Waals surface area contributed by atoms with Gasteiger partial charge in [-0.25, -0.2) is 0 Å². The smallest absolute Gasteiger partial charge is 0.433 e. The molecule has 4 heterocycles. The van der Waals surface area contributed by atoms with E-state index < -0.39 is 29.9 Å². The molecule has 0 spiro atoms. The molecule has 3 aliphatic rings. The van der Waals surface area contributed by atoms with Crippen molar-refractivity contribution in [1.29, 1.82) is 0 Å². The van der Waals surface area contributed by atoms with Gasteiger partial charge in [-0.05, 0) is 79.0 Å². The average molecular weight is 624 g/mol. The molecule has 0 radical (unpaired) electrons. The maximum atomic E-state index is 13.9. The number of benzene rings is 1. The van der Waals surface area contributed by atoms with Crippen LogP contribution in [0.3, 0.4) is 0 Å². The number of ether oxygens (including phenoxy) is 1. The number of carbonyl (C=O) groups is 2. The summed E-state index contributed by atoms with van der Waals surface area (Å²) in [6, 6.07) is 9.23. The van der Waals surface area contributed by atoms with Crippen LogP contribution in [0, 0.1) is 5.92 Å². The lowest BCUT2D eigenvalue weighted by atomic mass is 9.94. The molecule has 2 saturated heterocycles. The van der Waals surface area contributed by atoms with Gasteiger partial charge in [0.1, 0.15) is 23.2 Å². The third-order valence-electron chi connectivity index (χ3n) is 9.12. The number of alkyl halides is 3. The Morgan fingerprint density at radius 1 is 1.13 bits per heavy atom. The van der Waals surface area contributed by atoms with Crippen LogP contribution in [-0.4, -0.2) is 75.5 Å². The maximum Gasteiger partial charge on any atom is 0.433 e. The topological polar surface area (TPSA) is 114 Å². The summed E-state index contributed by atoms with van der Waals surface area (Å²) in [6.07, 6.45) is 1.37. The van der Waals surface area contributed by atoms with E-state index in [9.17, 15) is 22.8 Å². The second kappa shape index (κ2) is 12.6. The molecule has 238 valence electrons. The summed E-state index contributed by atoms with van der Waals surface area (Å²) in [7, 11) is 3.46. The molecule has 1 aromatic carbocycles. The Morgan fingerprint density at radius 3 is 2.69 bits per heavy atom. The van der Waals surface area contributed by atoms with Crippen molar-refractivity contribution in [3.05, 3.63) is 76.4 Å². The van der Waals surface area contributed by atoms with Crippen LogP contribution in [0.1, 0.15) is 53.4 Å². The van der Waals surface area contributed by atoms with Crippen LogP contribution in [0.2, 0.25) is 0 Å². The zero-order valence-corrected chi connectivity index (χ0v) is 25.2. The third-order valence-corrected chi connectivity index (χ3v) is 9.12. The minimum Gasteiger partial charge on any atom is -0.497 e. The number of hydrogen-bond donors (Lipinski definition) is 2. The Balaban J connectivity index is 1.17. The molecule has 3 aromatic rings. The summed E-state index contributed by atoms with van der Waals surface area (Å²) in [4.78, 5) is 32.8. The first kappa shape index (κ1) is 30.8.